The monoisotopic (exact) mass is 845 g/mol. The maximum Gasteiger partial charge on any atom is 0.419 e. The van der Waals surface area contributed by atoms with E-state index in [1.807, 2.05) is 4.90 Å². The first-order valence-corrected chi connectivity index (χ1v) is 19.0. The van der Waals surface area contributed by atoms with E-state index in [0.29, 0.717) is 37.3 Å². The molecule has 0 radical (unpaired) electrons. The number of hydrogen-bond acceptors (Lipinski definition) is 11. The number of imide groups is 1. The number of aliphatic hydroxyl groups excluding tert-OH is 1. The van der Waals surface area contributed by atoms with Crippen LogP contribution in [0.15, 0.2) is 30.6 Å². The third-order valence-electron chi connectivity index (χ3n) is 10.1. The van der Waals surface area contributed by atoms with E-state index in [4.69, 9.17) is 22.6 Å². The largest absolute Gasteiger partial charge is 0.419 e. The number of β-amino-alcohol motifs (C(OH)–C–C–N with tert-alkyl or cyclic N) is 1. The number of thiocarbonyl (C=S) groups is 1. The molecule has 21 heteroatoms. The Labute approximate surface area is 339 Å². The lowest BCUT2D eigenvalue weighted by molar-refractivity contribution is -0.138. The summed E-state index contributed by atoms with van der Waals surface area (Å²) in [5.74, 6) is -1.50. The number of aliphatic hydroxyl groups is 1. The van der Waals surface area contributed by atoms with Crippen LogP contribution in [0.2, 0.25) is 0 Å². The number of carbonyl (C=O) groups excluding carboxylic acids is 4. The minimum atomic E-state index is -4.75. The van der Waals surface area contributed by atoms with Crippen molar-refractivity contribution in [1.82, 2.24) is 30.0 Å². The van der Waals surface area contributed by atoms with Crippen LogP contribution in [0, 0.1) is 11.3 Å². The average molecular weight is 846 g/mol. The van der Waals surface area contributed by atoms with Crippen molar-refractivity contribution in [1.29, 1.82) is 5.26 Å². The Balaban J connectivity index is 0.000000368. The third-order valence-corrected chi connectivity index (χ3v) is 10.5. The number of hydrogen-bond donors (Lipinski definition) is 3. The van der Waals surface area contributed by atoms with E-state index in [0.717, 1.165) is 75.4 Å². The number of rotatable bonds is 8. The molecule has 6 rings (SSSR count). The standard InChI is InChI=1S/C18H19F3N4OS.C18H25N5O4.CHF3.2H2/c1-17(2)15(26)24(16(27)25(17)11-6-4-3-5-7-11)12-8-13(18(19,20)21)14(9-22)23-10-12;24-10-9-22-5-7-23(8-6-22)12-17(26)20-13-1-3-15(19-11-13)14-2-4-16(25)21-18(14)27;2-1(3)4;;/h8,10-11H,3-7H2,1-2H3;1,3,11,14,24H,2,4-10,12H2,(H,20,26)(H,21,25,27);1H;2*1H. The maximum absolute atomic E-state index is 13.3. The number of aromatic nitrogens is 2. The molecule has 5 heterocycles. The topological polar surface area (TPSA) is 175 Å². The van der Waals surface area contributed by atoms with Gasteiger partial charge >= 0.3 is 12.9 Å². The average Bonchev–Trinajstić information content (AvgIpc) is 3.34. The van der Waals surface area contributed by atoms with E-state index in [-0.39, 0.29) is 44.0 Å². The highest BCUT2D eigenvalue weighted by molar-refractivity contribution is 7.80. The second-order valence-corrected chi connectivity index (χ2v) is 14.8. The summed E-state index contributed by atoms with van der Waals surface area (Å²) in [5.41, 5.74) is -1.75. The van der Waals surface area contributed by atoms with Gasteiger partial charge < -0.3 is 15.3 Å². The van der Waals surface area contributed by atoms with Gasteiger partial charge in [-0.25, -0.2) is 4.98 Å². The number of nitrogens with zero attached hydrogens (tertiary/aromatic N) is 7. The molecular formula is C37H49F6N9O5S. The first-order valence-electron chi connectivity index (χ1n) is 18.6. The van der Waals surface area contributed by atoms with Crippen LogP contribution in [0.5, 0.6) is 0 Å². The Morgan fingerprint density at radius 2 is 1.69 bits per heavy atom. The molecule has 1 saturated carbocycles. The molecule has 14 nitrogen and oxygen atoms in total. The molecule has 2 aromatic rings. The van der Waals surface area contributed by atoms with E-state index in [1.165, 1.54) is 12.3 Å². The number of nitriles is 1. The number of alkyl halides is 6. The van der Waals surface area contributed by atoms with Crippen molar-refractivity contribution in [2.75, 3.05) is 56.1 Å². The molecule has 4 amide bonds. The van der Waals surface area contributed by atoms with Crippen LogP contribution < -0.4 is 15.5 Å². The maximum atomic E-state index is 13.3. The molecule has 1 atom stereocenters. The highest BCUT2D eigenvalue weighted by atomic mass is 32.1. The van der Waals surface area contributed by atoms with E-state index >= 15 is 0 Å². The molecule has 320 valence electrons. The Hall–Kier alpha value is -4.78. The number of pyridine rings is 2. The fourth-order valence-electron chi connectivity index (χ4n) is 7.25. The molecule has 0 spiro atoms. The SMILES string of the molecule is CC1(C)C(=O)N(c2cnc(C#N)c(C(F)(F)F)c2)C(=S)N1C1CCCCC1.FC(F)F.O=C1CCC(c2ccc(NC(=O)CN3CCN(CCO)CC3)cn2)C(=O)N1.[HH].[HH]. The van der Waals surface area contributed by atoms with Crippen molar-refractivity contribution in [2.45, 2.75) is 89.1 Å². The first-order chi connectivity index (χ1) is 27.4. The lowest BCUT2D eigenvalue weighted by Crippen LogP contribution is -2.50. The highest BCUT2D eigenvalue weighted by Crippen LogP contribution is 2.40. The number of amides is 4. The highest BCUT2D eigenvalue weighted by Gasteiger charge is 2.52. The minimum absolute atomic E-state index is 0. The summed E-state index contributed by atoms with van der Waals surface area (Å²) in [6.45, 7) is 4.21. The van der Waals surface area contributed by atoms with Gasteiger partial charge in [-0.15, -0.1) is 0 Å². The minimum Gasteiger partial charge on any atom is -0.395 e. The van der Waals surface area contributed by atoms with Gasteiger partial charge in [-0.2, -0.15) is 31.6 Å². The molecule has 3 N–H and O–H groups in total. The lowest BCUT2D eigenvalue weighted by atomic mass is 9.91. The lowest BCUT2D eigenvalue weighted by Gasteiger charge is -2.39. The van der Waals surface area contributed by atoms with E-state index in [1.54, 1.807) is 26.0 Å². The molecule has 1 unspecified atom stereocenters. The number of piperazine rings is 1. The number of nitrogens with one attached hydrogen (secondary N) is 2. The fraction of sp³-hybridized carbons (Fsp3) is 0.568. The molecule has 58 heavy (non-hydrogen) atoms. The van der Waals surface area contributed by atoms with Crippen molar-refractivity contribution in [3.05, 3.63) is 47.5 Å². The van der Waals surface area contributed by atoms with Gasteiger partial charge in [0.15, 0.2) is 10.8 Å². The smallest absolute Gasteiger partial charge is 0.395 e. The molecular weight excluding hydrogens is 797 g/mol. The fourth-order valence-corrected chi connectivity index (χ4v) is 7.81. The summed E-state index contributed by atoms with van der Waals surface area (Å²) < 4.78 is 68.8. The van der Waals surface area contributed by atoms with Crippen LogP contribution in [-0.2, 0) is 25.4 Å². The summed E-state index contributed by atoms with van der Waals surface area (Å²) in [6, 6.07) is 5.74. The van der Waals surface area contributed by atoms with Crippen LogP contribution in [-0.4, -0.2) is 123 Å². The Bertz CT molecular complexity index is 1840. The van der Waals surface area contributed by atoms with Gasteiger partial charge in [0.2, 0.25) is 17.7 Å². The van der Waals surface area contributed by atoms with Gasteiger partial charge in [-0.05, 0) is 63.5 Å². The predicted molar refractivity (Wildman–Crippen MR) is 206 cm³/mol. The summed E-state index contributed by atoms with van der Waals surface area (Å²) in [4.78, 5) is 63.5. The first kappa shape index (κ1) is 45.9. The summed E-state index contributed by atoms with van der Waals surface area (Å²) in [5, 5.41) is 23.2. The zero-order valence-corrected chi connectivity index (χ0v) is 32.7. The van der Waals surface area contributed by atoms with Gasteiger partial charge in [-0.3, -0.25) is 44.2 Å². The molecule has 0 aromatic carbocycles. The molecule has 2 aromatic heterocycles. The summed E-state index contributed by atoms with van der Waals surface area (Å²) in [7, 11) is 0. The number of carbonyl (C=O) groups is 4. The van der Waals surface area contributed by atoms with Gasteiger partial charge in [0.1, 0.15) is 11.6 Å². The van der Waals surface area contributed by atoms with Crippen molar-refractivity contribution in [3.8, 4) is 6.07 Å². The Kier molecular flexibility index (Phi) is 16.0. The van der Waals surface area contributed by atoms with Crippen LogP contribution in [0.3, 0.4) is 0 Å². The van der Waals surface area contributed by atoms with Crippen molar-refractivity contribution >= 4 is 52.3 Å². The Morgan fingerprint density at radius 3 is 2.24 bits per heavy atom. The van der Waals surface area contributed by atoms with Crippen LogP contribution in [0.4, 0.5) is 37.7 Å². The quantitative estimate of drug-likeness (QED) is 0.188. The van der Waals surface area contributed by atoms with Crippen LogP contribution in [0.1, 0.15) is 84.5 Å². The summed E-state index contributed by atoms with van der Waals surface area (Å²) in [6.07, 6.45) is 3.62. The molecule has 0 bridgehead atoms. The number of halogens is 6. The van der Waals surface area contributed by atoms with Crippen molar-refractivity contribution < 1.29 is 53.5 Å². The Morgan fingerprint density at radius 1 is 1.05 bits per heavy atom. The molecule has 4 aliphatic rings. The van der Waals surface area contributed by atoms with E-state index in [9.17, 15) is 45.5 Å². The normalized spacial score (nSPS) is 20.5. The van der Waals surface area contributed by atoms with Crippen molar-refractivity contribution in [2.24, 2.45) is 0 Å². The van der Waals surface area contributed by atoms with Crippen LogP contribution >= 0.6 is 12.2 Å². The van der Waals surface area contributed by atoms with Gasteiger partial charge in [0.05, 0.1) is 54.1 Å². The molecule has 4 fully saturated rings. The number of piperidine rings is 1. The second-order valence-electron chi connectivity index (χ2n) is 14.5. The van der Waals surface area contributed by atoms with E-state index in [2.05, 4.69) is 30.4 Å². The van der Waals surface area contributed by atoms with Gasteiger partial charge in [0.25, 0.3) is 5.91 Å². The van der Waals surface area contributed by atoms with Gasteiger partial charge in [-0.1, -0.05) is 19.3 Å². The summed E-state index contributed by atoms with van der Waals surface area (Å²) >= 11 is 5.51. The van der Waals surface area contributed by atoms with Crippen molar-refractivity contribution in [3.63, 3.8) is 0 Å². The van der Waals surface area contributed by atoms with E-state index < -0.39 is 41.5 Å². The van der Waals surface area contributed by atoms with Crippen LogP contribution in [0.25, 0.3) is 0 Å². The zero-order valence-electron chi connectivity index (χ0n) is 31.9. The van der Waals surface area contributed by atoms with Gasteiger partial charge in [0, 0.05) is 48.0 Å². The molecule has 3 aliphatic heterocycles. The molecule has 1 aliphatic carbocycles. The number of anilines is 2. The third kappa shape index (κ3) is 11.9. The second kappa shape index (κ2) is 20.3. The molecule has 3 saturated heterocycles. The zero-order chi connectivity index (χ0) is 42.8. The predicted octanol–water partition coefficient (Wildman–Crippen LogP) is 4.84.